The minimum atomic E-state index is 0.180. The molecule has 0 amide bonds. The fraction of sp³-hybridized carbons (Fsp3) is 0.200. The van der Waals surface area contributed by atoms with Gasteiger partial charge in [0.1, 0.15) is 5.75 Å². The van der Waals surface area contributed by atoms with Crippen molar-refractivity contribution < 1.29 is 4.74 Å². The summed E-state index contributed by atoms with van der Waals surface area (Å²) in [7, 11) is 0. The van der Waals surface area contributed by atoms with Crippen molar-refractivity contribution in [1.29, 1.82) is 0 Å². The van der Waals surface area contributed by atoms with E-state index >= 15 is 0 Å². The van der Waals surface area contributed by atoms with Gasteiger partial charge in [-0.2, -0.15) is 0 Å². The Balaban J connectivity index is 2.63. The lowest BCUT2D eigenvalue weighted by Crippen LogP contribution is -2.06. The van der Waals surface area contributed by atoms with Crippen molar-refractivity contribution in [1.82, 2.24) is 0 Å². The molecule has 16 heavy (non-hydrogen) atoms. The zero-order chi connectivity index (χ0) is 11.5. The van der Waals surface area contributed by atoms with Gasteiger partial charge in [-0.05, 0) is 30.7 Å². The van der Waals surface area contributed by atoms with Crippen LogP contribution in [0.4, 0.5) is 0 Å². The summed E-state index contributed by atoms with van der Waals surface area (Å²) in [6, 6.07) is 12.4. The van der Waals surface area contributed by atoms with E-state index in [0.717, 1.165) is 11.3 Å². The standard InChI is InChI=1S/C15H16O/c1-4-13-14-8-6-5-7-12(14)9-10-15(13)16-11(2)3/h4-11H,1H2,2-3H3. The molecule has 0 spiro atoms. The van der Waals surface area contributed by atoms with Crippen molar-refractivity contribution >= 4 is 16.8 Å². The Kier molecular flexibility index (Phi) is 2.95. The third-order valence-electron chi connectivity index (χ3n) is 2.50. The van der Waals surface area contributed by atoms with E-state index in [1.807, 2.05) is 38.1 Å². The zero-order valence-electron chi connectivity index (χ0n) is 9.73. The third kappa shape index (κ3) is 1.94. The van der Waals surface area contributed by atoms with Gasteiger partial charge in [0.2, 0.25) is 0 Å². The van der Waals surface area contributed by atoms with Gasteiger partial charge in [-0.25, -0.2) is 0 Å². The van der Waals surface area contributed by atoms with E-state index in [0.29, 0.717) is 0 Å². The molecule has 1 heteroatoms. The van der Waals surface area contributed by atoms with Crippen LogP contribution in [0.25, 0.3) is 16.8 Å². The molecule has 0 aromatic heterocycles. The maximum atomic E-state index is 5.77. The minimum absolute atomic E-state index is 0.180. The molecular weight excluding hydrogens is 196 g/mol. The largest absolute Gasteiger partial charge is 0.490 e. The normalized spacial score (nSPS) is 10.7. The van der Waals surface area contributed by atoms with Crippen molar-refractivity contribution in [3.63, 3.8) is 0 Å². The van der Waals surface area contributed by atoms with Crippen molar-refractivity contribution in [2.24, 2.45) is 0 Å². The molecule has 2 rings (SSSR count). The van der Waals surface area contributed by atoms with Crippen LogP contribution >= 0.6 is 0 Å². The van der Waals surface area contributed by atoms with E-state index in [1.165, 1.54) is 10.8 Å². The highest BCUT2D eigenvalue weighted by Crippen LogP contribution is 2.29. The number of fused-ring (bicyclic) bond motifs is 1. The van der Waals surface area contributed by atoms with Crippen molar-refractivity contribution in [3.8, 4) is 5.75 Å². The molecule has 1 nitrogen and oxygen atoms in total. The Morgan fingerprint density at radius 1 is 1.12 bits per heavy atom. The lowest BCUT2D eigenvalue weighted by molar-refractivity contribution is 0.242. The summed E-state index contributed by atoms with van der Waals surface area (Å²) < 4.78 is 5.77. The van der Waals surface area contributed by atoms with Crippen LogP contribution < -0.4 is 4.74 Å². The summed E-state index contributed by atoms with van der Waals surface area (Å²) in [6.45, 7) is 7.93. The number of benzene rings is 2. The number of hydrogen-bond acceptors (Lipinski definition) is 1. The van der Waals surface area contributed by atoms with Gasteiger partial charge >= 0.3 is 0 Å². The lowest BCUT2D eigenvalue weighted by atomic mass is 10.0. The predicted octanol–water partition coefficient (Wildman–Crippen LogP) is 4.27. The van der Waals surface area contributed by atoms with Gasteiger partial charge in [-0.1, -0.05) is 43.0 Å². The Morgan fingerprint density at radius 3 is 2.56 bits per heavy atom. The lowest BCUT2D eigenvalue weighted by Gasteiger charge is -2.14. The molecule has 82 valence electrons. The fourth-order valence-electron chi connectivity index (χ4n) is 1.84. The highest BCUT2D eigenvalue weighted by molar-refractivity contribution is 5.92. The van der Waals surface area contributed by atoms with E-state index in [-0.39, 0.29) is 6.10 Å². The summed E-state index contributed by atoms with van der Waals surface area (Å²) in [4.78, 5) is 0. The Bertz CT molecular complexity index is 512. The van der Waals surface area contributed by atoms with Crippen LogP contribution in [0.1, 0.15) is 19.4 Å². The van der Waals surface area contributed by atoms with Gasteiger partial charge in [0, 0.05) is 5.56 Å². The molecule has 0 aliphatic rings. The van der Waals surface area contributed by atoms with E-state index in [1.54, 1.807) is 0 Å². The van der Waals surface area contributed by atoms with Crippen molar-refractivity contribution in [2.75, 3.05) is 0 Å². The molecule has 2 aromatic carbocycles. The van der Waals surface area contributed by atoms with Crippen LogP contribution in [0.15, 0.2) is 43.0 Å². The minimum Gasteiger partial charge on any atom is -0.490 e. The Morgan fingerprint density at radius 2 is 1.88 bits per heavy atom. The highest BCUT2D eigenvalue weighted by Gasteiger charge is 2.06. The molecule has 0 N–H and O–H groups in total. The number of rotatable bonds is 3. The summed E-state index contributed by atoms with van der Waals surface area (Å²) in [5.74, 6) is 0.906. The molecule has 0 atom stereocenters. The first-order valence-corrected chi connectivity index (χ1v) is 5.53. The molecule has 0 saturated heterocycles. The van der Waals surface area contributed by atoms with Crippen molar-refractivity contribution in [2.45, 2.75) is 20.0 Å². The SMILES string of the molecule is C=Cc1c(OC(C)C)ccc2ccccc12. The van der Waals surface area contributed by atoms with Gasteiger partial charge in [0.25, 0.3) is 0 Å². The molecule has 0 bridgehead atoms. The first-order chi connectivity index (χ1) is 7.72. The van der Waals surface area contributed by atoms with E-state index < -0.39 is 0 Å². The van der Waals surface area contributed by atoms with Gasteiger partial charge in [0.05, 0.1) is 6.10 Å². The summed E-state index contributed by atoms with van der Waals surface area (Å²) in [5, 5.41) is 2.41. The highest BCUT2D eigenvalue weighted by atomic mass is 16.5. The summed E-state index contributed by atoms with van der Waals surface area (Å²) in [5.41, 5.74) is 1.08. The molecule has 0 aliphatic carbocycles. The van der Waals surface area contributed by atoms with Gasteiger partial charge < -0.3 is 4.74 Å². The van der Waals surface area contributed by atoms with Crippen LogP contribution in [0.2, 0.25) is 0 Å². The molecule has 2 aromatic rings. The maximum absolute atomic E-state index is 5.77. The average Bonchev–Trinajstić information content (AvgIpc) is 2.28. The van der Waals surface area contributed by atoms with Crippen LogP contribution in [0.5, 0.6) is 5.75 Å². The molecule has 0 heterocycles. The second-order valence-corrected chi connectivity index (χ2v) is 4.07. The second-order valence-electron chi connectivity index (χ2n) is 4.07. The maximum Gasteiger partial charge on any atom is 0.127 e. The average molecular weight is 212 g/mol. The monoisotopic (exact) mass is 212 g/mol. The molecule has 0 aliphatic heterocycles. The predicted molar refractivity (Wildman–Crippen MR) is 69.8 cm³/mol. The molecule has 0 radical (unpaired) electrons. The van der Waals surface area contributed by atoms with Gasteiger partial charge in [-0.15, -0.1) is 0 Å². The Labute approximate surface area is 96.4 Å². The first-order valence-electron chi connectivity index (χ1n) is 5.53. The molecule has 0 saturated carbocycles. The van der Waals surface area contributed by atoms with Crippen molar-refractivity contribution in [3.05, 3.63) is 48.5 Å². The quantitative estimate of drug-likeness (QED) is 0.738. The number of hydrogen-bond donors (Lipinski definition) is 0. The van der Waals surface area contributed by atoms with Crippen LogP contribution in [-0.4, -0.2) is 6.10 Å². The second kappa shape index (κ2) is 4.40. The smallest absolute Gasteiger partial charge is 0.127 e. The topological polar surface area (TPSA) is 9.23 Å². The number of ether oxygens (including phenoxy) is 1. The molecular formula is C15H16O. The van der Waals surface area contributed by atoms with E-state index in [9.17, 15) is 0 Å². The van der Waals surface area contributed by atoms with Crippen LogP contribution in [0.3, 0.4) is 0 Å². The van der Waals surface area contributed by atoms with Gasteiger partial charge in [-0.3, -0.25) is 0 Å². The van der Waals surface area contributed by atoms with E-state index in [2.05, 4.69) is 24.8 Å². The van der Waals surface area contributed by atoms with Crippen LogP contribution in [-0.2, 0) is 0 Å². The first kappa shape index (κ1) is 10.7. The summed E-state index contributed by atoms with van der Waals surface area (Å²) >= 11 is 0. The fourth-order valence-corrected chi connectivity index (χ4v) is 1.84. The Hall–Kier alpha value is -1.76. The summed E-state index contributed by atoms with van der Waals surface area (Å²) in [6.07, 6.45) is 2.04. The van der Waals surface area contributed by atoms with E-state index in [4.69, 9.17) is 4.74 Å². The zero-order valence-corrected chi connectivity index (χ0v) is 9.73. The van der Waals surface area contributed by atoms with Crippen LogP contribution in [0, 0.1) is 0 Å². The third-order valence-corrected chi connectivity index (χ3v) is 2.50. The molecule has 0 fully saturated rings. The van der Waals surface area contributed by atoms with Gasteiger partial charge in [0.15, 0.2) is 0 Å². The molecule has 0 unspecified atom stereocenters.